The second-order valence-corrected chi connectivity index (χ2v) is 7.37. The van der Waals surface area contributed by atoms with E-state index in [2.05, 4.69) is 62.7 Å². The van der Waals surface area contributed by atoms with Gasteiger partial charge in [-0.3, -0.25) is 0 Å². The normalized spacial score (nSPS) is 18.8. The van der Waals surface area contributed by atoms with Gasteiger partial charge < -0.3 is 0 Å². The van der Waals surface area contributed by atoms with Crippen molar-refractivity contribution < 1.29 is 0 Å². The monoisotopic (exact) mass is 350 g/mol. The SMILES string of the molecule is CCc1cc2c(cc1CBr)C(CC)(CC)CC2(CC)CC. The van der Waals surface area contributed by atoms with Crippen LogP contribution in [0.25, 0.3) is 0 Å². The highest BCUT2D eigenvalue weighted by molar-refractivity contribution is 9.08. The molecule has 1 aromatic carbocycles. The molecule has 0 saturated carbocycles. The van der Waals surface area contributed by atoms with Gasteiger partial charge in [0, 0.05) is 5.33 Å². The van der Waals surface area contributed by atoms with Gasteiger partial charge in [0.15, 0.2) is 0 Å². The van der Waals surface area contributed by atoms with Crippen molar-refractivity contribution in [2.75, 3.05) is 0 Å². The number of alkyl halides is 1. The van der Waals surface area contributed by atoms with Gasteiger partial charge in [0.1, 0.15) is 0 Å². The van der Waals surface area contributed by atoms with Crippen LogP contribution < -0.4 is 0 Å². The molecule has 21 heavy (non-hydrogen) atoms. The van der Waals surface area contributed by atoms with E-state index in [-0.39, 0.29) is 0 Å². The fourth-order valence-electron chi connectivity index (χ4n) is 4.62. The van der Waals surface area contributed by atoms with Crippen LogP contribution in [0.4, 0.5) is 0 Å². The molecule has 0 fully saturated rings. The third-order valence-corrected chi connectivity index (χ3v) is 7.00. The lowest BCUT2D eigenvalue weighted by molar-refractivity contribution is 0.284. The third-order valence-electron chi connectivity index (χ3n) is 6.39. The summed E-state index contributed by atoms with van der Waals surface area (Å²) in [5, 5.41) is 0.984. The van der Waals surface area contributed by atoms with Crippen LogP contribution in [0.3, 0.4) is 0 Å². The Bertz CT molecular complexity index is 448. The van der Waals surface area contributed by atoms with Crippen molar-refractivity contribution in [1.82, 2.24) is 0 Å². The van der Waals surface area contributed by atoms with E-state index in [9.17, 15) is 0 Å². The maximum absolute atomic E-state index is 3.70. The molecule has 0 heterocycles. The van der Waals surface area contributed by atoms with Crippen LogP contribution in [0.5, 0.6) is 0 Å². The molecule has 0 spiro atoms. The average molecular weight is 351 g/mol. The topological polar surface area (TPSA) is 0 Å². The van der Waals surface area contributed by atoms with Crippen LogP contribution in [-0.2, 0) is 22.6 Å². The molecule has 1 aromatic rings. The third kappa shape index (κ3) is 2.50. The molecule has 2 rings (SSSR count). The summed E-state index contributed by atoms with van der Waals surface area (Å²) in [5.41, 5.74) is 7.21. The number of aryl methyl sites for hydroxylation is 1. The predicted octanol–water partition coefficient (Wildman–Crippen LogP) is 6.66. The second-order valence-electron chi connectivity index (χ2n) is 6.81. The van der Waals surface area contributed by atoms with E-state index in [1.807, 2.05) is 0 Å². The smallest absolute Gasteiger partial charge is 0.0285 e. The van der Waals surface area contributed by atoms with Gasteiger partial charge in [0.2, 0.25) is 0 Å². The number of fused-ring (bicyclic) bond motifs is 1. The van der Waals surface area contributed by atoms with Crippen LogP contribution in [-0.4, -0.2) is 0 Å². The molecule has 1 aliphatic rings. The van der Waals surface area contributed by atoms with Crippen LogP contribution in [0.1, 0.15) is 89.0 Å². The zero-order chi connectivity index (χ0) is 15.7. The first kappa shape index (κ1) is 17.1. The minimum Gasteiger partial charge on any atom is -0.0876 e. The molecular formula is C20H31Br. The Kier molecular flexibility index (Phi) is 5.23. The largest absolute Gasteiger partial charge is 0.0876 e. The summed E-state index contributed by atoms with van der Waals surface area (Å²) in [6, 6.07) is 5.11. The molecule has 0 unspecified atom stereocenters. The lowest BCUT2D eigenvalue weighted by Gasteiger charge is -2.32. The highest BCUT2D eigenvalue weighted by Crippen LogP contribution is 2.56. The molecule has 0 amide bonds. The van der Waals surface area contributed by atoms with E-state index < -0.39 is 0 Å². The molecule has 0 saturated heterocycles. The Morgan fingerprint density at radius 3 is 1.57 bits per heavy atom. The van der Waals surface area contributed by atoms with Crippen LogP contribution >= 0.6 is 15.9 Å². The van der Waals surface area contributed by atoms with Crippen molar-refractivity contribution in [3.8, 4) is 0 Å². The molecule has 0 bridgehead atoms. The van der Waals surface area contributed by atoms with Gasteiger partial charge in [0.25, 0.3) is 0 Å². The van der Waals surface area contributed by atoms with Crippen molar-refractivity contribution in [2.24, 2.45) is 0 Å². The first-order valence-corrected chi connectivity index (χ1v) is 9.91. The average Bonchev–Trinajstić information content (AvgIpc) is 2.83. The van der Waals surface area contributed by atoms with E-state index in [1.165, 1.54) is 37.7 Å². The number of rotatable bonds is 6. The molecule has 0 radical (unpaired) electrons. The highest BCUT2D eigenvalue weighted by atomic mass is 79.9. The van der Waals surface area contributed by atoms with Gasteiger partial charge in [-0.15, -0.1) is 0 Å². The van der Waals surface area contributed by atoms with E-state index in [0.29, 0.717) is 10.8 Å². The molecule has 1 aliphatic carbocycles. The van der Waals surface area contributed by atoms with Gasteiger partial charge in [-0.05, 0) is 71.6 Å². The number of benzene rings is 1. The molecule has 0 aliphatic heterocycles. The fraction of sp³-hybridized carbons (Fsp3) is 0.700. The molecule has 0 atom stereocenters. The second kappa shape index (κ2) is 6.44. The van der Waals surface area contributed by atoms with Gasteiger partial charge >= 0.3 is 0 Å². The summed E-state index contributed by atoms with van der Waals surface area (Å²) in [5.74, 6) is 0. The quantitative estimate of drug-likeness (QED) is 0.503. The number of halogens is 1. The number of hydrogen-bond donors (Lipinski definition) is 0. The standard InChI is InChI=1S/C20H31Br/c1-6-15-11-17-18(12-16(15)13-21)20(9-4,10-5)14-19(17,7-2)8-3/h11-12H,6-10,13-14H2,1-5H3. The predicted molar refractivity (Wildman–Crippen MR) is 97.6 cm³/mol. The van der Waals surface area contributed by atoms with Crippen molar-refractivity contribution in [1.29, 1.82) is 0 Å². The summed E-state index contributed by atoms with van der Waals surface area (Å²) in [7, 11) is 0. The van der Waals surface area contributed by atoms with Crippen LogP contribution in [0, 0.1) is 0 Å². The Balaban J connectivity index is 2.73. The van der Waals surface area contributed by atoms with E-state index in [4.69, 9.17) is 0 Å². The Hall–Kier alpha value is -0.300. The van der Waals surface area contributed by atoms with Gasteiger partial charge in [-0.1, -0.05) is 62.7 Å². The van der Waals surface area contributed by atoms with Gasteiger partial charge in [-0.2, -0.15) is 0 Å². The van der Waals surface area contributed by atoms with Crippen LogP contribution in [0.15, 0.2) is 12.1 Å². The lowest BCUT2D eigenvalue weighted by Crippen LogP contribution is -2.27. The molecule has 0 aromatic heterocycles. The van der Waals surface area contributed by atoms with Crippen molar-refractivity contribution in [3.63, 3.8) is 0 Å². The zero-order valence-electron chi connectivity index (χ0n) is 14.5. The van der Waals surface area contributed by atoms with Gasteiger partial charge in [-0.25, -0.2) is 0 Å². The minimum atomic E-state index is 0.407. The fourth-order valence-corrected chi connectivity index (χ4v) is 5.14. The zero-order valence-corrected chi connectivity index (χ0v) is 16.1. The first-order chi connectivity index (χ1) is 10.1. The van der Waals surface area contributed by atoms with Crippen molar-refractivity contribution in [2.45, 2.75) is 89.3 Å². The summed E-state index contributed by atoms with van der Waals surface area (Å²) >= 11 is 3.70. The van der Waals surface area contributed by atoms with E-state index >= 15 is 0 Å². The Labute approximate surface area is 139 Å². The highest BCUT2D eigenvalue weighted by Gasteiger charge is 2.48. The number of hydrogen-bond acceptors (Lipinski definition) is 0. The summed E-state index contributed by atoms with van der Waals surface area (Å²) in [4.78, 5) is 0. The van der Waals surface area contributed by atoms with Crippen molar-refractivity contribution >= 4 is 15.9 Å². The molecule has 0 nitrogen and oxygen atoms in total. The van der Waals surface area contributed by atoms with Gasteiger partial charge in [0.05, 0.1) is 0 Å². The Morgan fingerprint density at radius 1 is 0.810 bits per heavy atom. The maximum Gasteiger partial charge on any atom is 0.0285 e. The summed E-state index contributed by atoms with van der Waals surface area (Å²) < 4.78 is 0. The first-order valence-electron chi connectivity index (χ1n) is 8.79. The Morgan fingerprint density at radius 2 is 1.24 bits per heavy atom. The summed E-state index contributed by atoms with van der Waals surface area (Å²) in [6.45, 7) is 11.8. The van der Waals surface area contributed by atoms with Crippen molar-refractivity contribution in [3.05, 3.63) is 34.4 Å². The molecule has 1 heteroatoms. The van der Waals surface area contributed by atoms with E-state index in [0.717, 1.165) is 11.8 Å². The molecule has 0 N–H and O–H groups in total. The maximum atomic E-state index is 3.70. The van der Waals surface area contributed by atoms with E-state index in [1.54, 1.807) is 16.7 Å². The molecular weight excluding hydrogens is 320 g/mol. The summed E-state index contributed by atoms with van der Waals surface area (Å²) in [6.07, 6.45) is 7.58. The molecule has 118 valence electrons. The minimum absolute atomic E-state index is 0.407. The lowest BCUT2D eigenvalue weighted by atomic mass is 9.71. The van der Waals surface area contributed by atoms with Crippen LogP contribution in [0.2, 0.25) is 0 Å².